The van der Waals surface area contributed by atoms with Gasteiger partial charge in [0.05, 0.1) is 7.11 Å². The number of likely N-dealkylation sites (N-methyl/N-ethyl adjacent to an activating group) is 1. The number of rotatable bonds is 5. The van der Waals surface area contributed by atoms with E-state index in [1.165, 1.54) is 30.4 Å². The van der Waals surface area contributed by atoms with E-state index in [9.17, 15) is 8.78 Å². The third-order valence-electron chi connectivity index (χ3n) is 5.38. The maximum absolute atomic E-state index is 14.0. The van der Waals surface area contributed by atoms with Crippen LogP contribution in [0, 0.1) is 11.6 Å². The Balaban J connectivity index is 1.80. The minimum absolute atomic E-state index is 0.269. The summed E-state index contributed by atoms with van der Waals surface area (Å²) in [5.41, 5.74) is 3.33. The van der Waals surface area contributed by atoms with Crippen LogP contribution in [0.1, 0.15) is 42.5 Å². The average Bonchev–Trinajstić information content (AvgIpc) is 2.63. The van der Waals surface area contributed by atoms with Crippen molar-refractivity contribution in [3.05, 3.63) is 64.7 Å². The summed E-state index contributed by atoms with van der Waals surface area (Å²) in [7, 11) is 3.42. The quantitative estimate of drug-likeness (QED) is 0.762. The van der Waals surface area contributed by atoms with Crippen LogP contribution >= 0.6 is 0 Å². The lowest BCUT2D eigenvalue weighted by molar-refractivity contribution is 0.0897. The summed E-state index contributed by atoms with van der Waals surface area (Å²) >= 11 is 0. The van der Waals surface area contributed by atoms with E-state index in [1.807, 2.05) is 0 Å². The number of methoxy groups -OCH3 is 1. The normalized spacial score (nSPS) is 18.9. The van der Waals surface area contributed by atoms with Crippen LogP contribution in [0.3, 0.4) is 0 Å². The van der Waals surface area contributed by atoms with Crippen LogP contribution in [0.25, 0.3) is 0 Å². The lowest BCUT2D eigenvalue weighted by atomic mass is 9.91. The third kappa shape index (κ3) is 4.30. The van der Waals surface area contributed by atoms with E-state index >= 15 is 0 Å². The van der Waals surface area contributed by atoms with Crippen molar-refractivity contribution in [2.75, 3.05) is 33.8 Å². The van der Waals surface area contributed by atoms with Gasteiger partial charge < -0.3 is 4.74 Å². The van der Waals surface area contributed by atoms with Gasteiger partial charge in [-0.1, -0.05) is 38.1 Å². The standard InChI is InChI=1S/C22H28F2N2O/c1-15(2)17-7-5-6-8-18(17)21-14-26(10-9-25(21)3)13-16-11-19(23)22(27-4)20(24)12-16/h5-8,11-12,15,21H,9-10,13-14H2,1-4H3. The number of ether oxygens (including phenoxy) is 1. The minimum atomic E-state index is -0.650. The van der Waals surface area contributed by atoms with Crippen molar-refractivity contribution in [1.29, 1.82) is 0 Å². The first-order valence-electron chi connectivity index (χ1n) is 9.44. The highest BCUT2D eigenvalue weighted by Crippen LogP contribution is 2.31. The number of benzene rings is 2. The first kappa shape index (κ1) is 19.8. The molecule has 1 unspecified atom stereocenters. The highest BCUT2D eigenvalue weighted by Gasteiger charge is 2.28. The van der Waals surface area contributed by atoms with Crippen LogP contribution in [-0.2, 0) is 6.54 Å². The lowest BCUT2D eigenvalue weighted by Gasteiger charge is -2.40. The Morgan fingerprint density at radius 2 is 1.78 bits per heavy atom. The molecule has 27 heavy (non-hydrogen) atoms. The molecular weight excluding hydrogens is 346 g/mol. The fourth-order valence-electron chi connectivity index (χ4n) is 3.91. The van der Waals surface area contributed by atoms with Gasteiger partial charge in [-0.25, -0.2) is 8.78 Å². The SMILES string of the molecule is COc1c(F)cc(CN2CCN(C)C(c3ccccc3C(C)C)C2)cc1F. The van der Waals surface area contributed by atoms with E-state index in [0.717, 1.165) is 19.6 Å². The van der Waals surface area contributed by atoms with Gasteiger partial charge in [0.1, 0.15) is 0 Å². The van der Waals surface area contributed by atoms with Gasteiger partial charge in [0.15, 0.2) is 17.4 Å². The van der Waals surface area contributed by atoms with Gasteiger partial charge in [-0.2, -0.15) is 0 Å². The molecule has 1 atom stereocenters. The first-order valence-corrected chi connectivity index (χ1v) is 9.44. The average molecular weight is 374 g/mol. The van der Waals surface area contributed by atoms with Gasteiger partial charge in [0.2, 0.25) is 0 Å². The fraction of sp³-hybridized carbons (Fsp3) is 0.455. The van der Waals surface area contributed by atoms with E-state index in [4.69, 9.17) is 4.74 Å². The van der Waals surface area contributed by atoms with Crippen molar-refractivity contribution in [3.8, 4) is 5.75 Å². The van der Waals surface area contributed by atoms with E-state index in [2.05, 4.69) is 55.0 Å². The summed E-state index contributed by atoms with van der Waals surface area (Å²) in [6, 6.07) is 11.6. The molecule has 2 aromatic rings. The largest absolute Gasteiger partial charge is 0.491 e. The molecule has 146 valence electrons. The van der Waals surface area contributed by atoms with Gasteiger partial charge in [-0.15, -0.1) is 0 Å². The molecule has 0 amide bonds. The number of halogens is 2. The van der Waals surface area contributed by atoms with Crippen molar-refractivity contribution < 1.29 is 13.5 Å². The molecule has 3 nitrogen and oxygen atoms in total. The van der Waals surface area contributed by atoms with Gasteiger partial charge in [0.25, 0.3) is 0 Å². The summed E-state index contributed by atoms with van der Waals surface area (Å²) in [5, 5.41) is 0. The highest BCUT2D eigenvalue weighted by atomic mass is 19.1. The minimum Gasteiger partial charge on any atom is -0.491 e. The molecule has 0 bridgehead atoms. The number of hydrogen-bond acceptors (Lipinski definition) is 3. The molecule has 0 aliphatic carbocycles. The molecule has 1 saturated heterocycles. The summed E-state index contributed by atoms with van der Waals surface area (Å²) in [6.45, 7) is 7.55. The predicted octanol–water partition coefficient (Wildman–Crippen LogP) is 4.59. The van der Waals surface area contributed by atoms with Gasteiger partial charge >= 0.3 is 0 Å². The second-order valence-corrected chi connectivity index (χ2v) is 7.61. The van der Waals surface area contributed by atoms with Crippen LogP contribution in [-0.4, -0.2) is 43.6 Å². The molecule has 2 aromatic carbocycles. The third-order valence-corrected chi connectivity index (χ3v) is 5.38. The molecule has 0 radical (unpaired) electrons. The van der Waals surface area contributed by atoms with Gasteiger partial charge in [-0.05, 0) is 41.8 Å². The van der Waals surface area contributed by atoms with Crippen LogP contribution in [0.2, 0.25) is 0 Å². The Morgan fingerprint density at radius 3 is 2.41 bits per heavy atom. The maximum atomic E-state index is 14.0. The number of nitrogens with zero attached hydrogens (tertiary/aromatic N) is 2. The molecular formula is C22H28F2N2O. The van der Waals surface area contributed by atoms with E-state index in [1.54, 1.807) is 0 Å². The molecule has 0 saturated carbocycles. The zero-order valence-electron chi connectivity index (χ0n) is 16.5. The van der Waals surface area contributed by atoms with E-state index in [0.29, 0.717) is 18.0 Å². The van der Waals surface area contributed by atoms with Crippen LogP contribution in [0.15, 0.2) is 36.4 Å². The van der Waals surface area contributed by atoms with Crippen LogP contribution < -0.4 is 4.74 Å². The monoisotopic (exact) mass is 374 g/mol. The first-order chi connectivity index (χ1) is 12.9. The molecule has 1 fully saturated rings. The summed E-state index contributed by atoms with van der Waals surface area (Å²) in [5.74, 6) is -1.16. The van der Waals surface area contributed by atoms with Crippen LogP contribution in [0.4, 0.5) is 8.78 Å². The zero-order valence-corrected chi connectivity index (χ0v) is 16.5. The molecule has 0 aromatic heterocycles. The van der Waals surface area contributed by atoms with Crippen molar-refractivity contribution in [2.45, 2.75) is 32.4 Å². The smallest absolute Gasteiger partial charge is 0.190 e. The van der Waals surface area contributed by atoms with Crippen molar-refractivity contribution in [2.24, 2.45) is 0 Å². The molecule has 0 spiro atoms. The van der Waals surface area contributed by atoms with Crippen LogP contribution in [0.5, 0.6) is 5.75 Å². The zero-order chi connectivity index (χ0) is 19.6. The second-order valence-electron chi connectivity index (χ2n) is 7.61. The molecule has 5 heteroatoms. The highest BCUT2D eigenvalue weighted by molar-refractivity contribution is 5.34. The summed E-state index contributed by atoms with van der Waals surface area (Å²) in [6.07, 6.45) is 0. The summed E-state index contributed by atoms with van der Waals surface area (Å²) in [4.78, 5) is 4.63. The fourth-order valence-corrected chi connectivity index (χ4v) is 3.91. The molecule has 1 aliphatic rings. The number of piperazine rings is 1. The van der Waals surface area contributed by atoms with Crippen molar-refractivity contribution >= 4 is 0 Å². The molecule has 0 N–H and O–H groups in total. The Kier molecular flexibility index (Phi) is 6.12. The Morgan fingerprint density at radius 1 is 1.11 bits per heavy atom. The predicted molar refractivity (Wildman–Crippen MR) is 104 cm³/mol. The number of hydrogen-bond donors (Lipinski definition) is 0. The van der Waals surface area contributed by atoms with Gasteiger partial charge in [0, 0.05) is 32.2 Å². The molecule has 3 rings (SSSR count). The van der Waals surface area contributed by atoms with E-state index < -0.39 is 11.6 Å². The maximum Gasteiger partial charge on any atom is 0.190 e. The van der Waals surface area contributed by atoms with Crippen molar-refractivity contribution in [1.82, 2.24) is 9.80 Å². The molecule has 1 aliphatic heterocycles. The summed E-state index contributed by atoms with van der Waals surface area (Å²) < 4.78 is 32.8. The lowest BCUT2D eigenvalue weighted by Crippen LogP contribution is -2.46. The topological polar surface area (TPSA) is 15.7 Å². The Labute approximate surface area is 160 Å². The van der Waals surface area contributed by atoms with Crippen molar-refractivity contribution in [3.63, 3.8) is 0 Å². The molecule has 1 heterocycles. The van der Waals surface area contributed by atoms with E-state index in [-0.39, 0.29) is 11.8 Å². The van der Waals surface area contributed by atoms with Gasteiger partial charge in [-0.3, -0.25) is 9.80 Å². The Hall–Kier alpha value is -1.98. The second kappa shape index (κ2) is 8.36. The Bertz CT molecular complexity index is 771.